The summed E-state index contributed by atoms with van der Waals surface area (Å²) in [6.45, 7) is 0. The smallest absolute Gasteiger partial charge is 0.306 e. The molecule has 1 heterocycles. The molecule has 0 aliphatic rings. The lowest BCUT2D eigenvalue weighted by atomic mass is 9.97. The first-order chi connectivity index (χ1) is 9.69. The van der Waals surface area contributed by atoms with Gasteiger partial charge in [0, 0.05) is 10.6 Å². The molecule has 0 saturated carbocycles. The molecule has 3 rings (SSSR count). The second-order valence-electron chi connectivity index (χ2n) is 4.45. The van der Waals surface area contributed by atoms with Gasteiger partial charge >= 0.3 is 5.69 Å². The number of imidazole rings is 1. The lowest BCUT2D eigenvalue weighted by molar-refractivity contribution is 1.21. The van der Waals surface area contributed by atoms with Crippen molar-refractivity contribution in [1.29, 1.82) is 5.26 Å². The van der Waals surface area contributed by atoms with E-state index in [1.54, 1.807) is 6.07 Å². The Hall–Kier alpha value is -2.51. The Morgan fingerprint density at radius 1 is 1.15 bits per heavy atom. The monoisotopic (exact) mass is 283 g/mol. The zero-order valence-electron chi connectivity index (χ0n) is 10.4. The summed E-state index contributed by atoms with van der Waals surface area (Å²) >= 11 is 6.27. The van der Waals surface area contributed by atoms with E-state index >= 15 is 0 Å². The molecule has 0 amide bonds. The van der Waals surface area contributed by atoms with Gasteiger partial charge in [-0.1, -0.05) is 29.8 Å². The molecular formula is C15H10ClN3O. The Morgan fingerprint density at radius 2 is 1.95 bits per heavy atom. The van der Waals surface area contributed by atoms with Crippen molar-refractivity contribution in [3.8, 4) is 17.2 Å². The van der Waals surface area contributed by atoms with Crippen LogP contribution in [-0.4, -0.2) is 9.97 Å². The molecule has 0 radical (unpaired) electrons. The van der Waals surface area contributed by atoms with Gasteiger partial charge in [0.25, 0.3) is 0 Å². The minimum absolute atomic E-state index is 0.242. The predicted molar refractivity (Wildman–Crippen MR) is 78.7 cm³/mol. The third-order valence-corrected chi connectivity index (χ3v) is 3.49. The number of fused-ring (bicyclic) bond motifs is 1. The van der Waals surface area contributed by atoms with Gasteiger partial charge in [0.05, 0.1) is 23.5 Å². The number of benzene rings is 2. The minimum atomic E-state index is -0.242. The van der Waals surface area contributed by atoms with E-state index in [-0.39, 0.29) is 12.1 Å². The fourth-order valence-corrected chi connectivity index (χ4v) is 2.62. The molecule has 2 N–H and O–H groups in total. The number of aromatic nitrogens is 2. The standard InChI is InChI=1S/C15H10ClN3O/c16-11-3-1-2-9(6-7-17)14(11)10-4-5-12-13(8-10)19-15(20)18-12/h1-5,8H,6H2,(H2,18,19,20). The van der Waals surface area contributed by atoms with E-state index in [9.17, 15) is 4.79 Å². The van der Waals surface area contributed by atoms with Crippen LogP contribution in [-0.2, 0) is 6.42 Å². The van der Waals surface area contributed by atoms with Crippen molar-refractivity contribution in [2.24, 2.45) is 0 Å². The van der Waals surface area contributed by atoms with Crippen molar-refractivity contribution in [2.75, 3.05) is 0 Å². The topological polar surface area (TPSA) is 72.4 Å². The maximum Gasteiger partial charge on any atom is 0.323 e. The van der Waals surface area contributed by atoms with Gasteiger partial charge in [0.2, 0.25) is 0 Å². The summed E-state index contributed by atoms with van der Waals surface area (Å²) in [5.41, 5.74) is 3.80. The first kappa shape index (κ1) is 12.5. The van der Waals surface area contributed by atoms with E-state index in [0.717, 1.165) is 27.7 Å². The zero-order valence-corrected chi connectivity index (χ0v) is 11.2. The van der Waals surface area contributed by atoms with Gasteiger partial charge in [-0.15, -0.1) is 0 Å². The Balaban J connectivity index is 2.24. The first-order valence-corrected chi connectivity index (χ1v) is 6.43. The van der Waals surface area contributed by atoms with Crippen LogP contribution in [0.2, 0.25) is 5.02 Å². The van der Waals surface area contributed by atoms with Crippen LogP contribution in [0.15, 0.2) is 41.2 Å². The number of H-pyrrole nitrogens is 2. The third kappa shape index (κ3) is 2.09. The first-order valence-electron chi connectivity index (χ1n) is 6.06. The summed E-state index contributed by atoms with van der Waals surface area (Å²) in [4.78, 5) is 16.7. The second-order valence-corrected chi connectivity index (χ2v) is 4.86. The highest BCUT2D eigenvalue weighted by Crippen LogP contribution is 2.32. The number of aromatic amines is 2. The zero-order chi connectivity index (χ0) is 14.1. The third-order valence-electron chi connectivity index (χ3n) is 3.17. The van der Waals surface area contributed by atoms with Crippen LogP contribution in [0.1, 0.15) is 5.56 Å². The summed E-state index contributed by atoms with van der Waals surface area (Å²) in [7, 11) is 0. The number of hydrogen-bond donors (Lipinski definition) is 2. The van der Waals surface area contributed by atoms with E-state index in [0.29, 0.717) is 5.02 Å². The van der Waals surface area contributed by atoms with Crippen LogP contribution in [0.3, 0.4) is 0 Å². The van der Waals surface area contributed by atoms with E-state index in [2.05, 4.69) is 16.0 Å². The maximum absolute atomic E-state index is 11.3. The van der Waals surface area contributed by atoms with Gasteiger partial charge in [-0.2, -0.15) is 5.26 Å². The number of rotatable bonds is 2. The summed E-state index contributed by atoms with van der Waals surface area (Å²) in [5.74, 6) is 0. The van der Waals surface area contributed by atoms with Gasteiger partial charge in [0.15, 0.2) is 0 Å². The highest BCUT2D eigenvalue weighted by molar-refractivity contribution is 6.33. The quantitative estimate of drug-likeness (QED) is 0.758. The second kappa shape index (κ2) is 4.87. The van der Waals surface area contributed by atoms with Crippen LogP contribution in [0.5, 0.6) is 0 Å². The molecule has 0 unspecified atom stereocenters. The molecule has 0 aliphatic heterocycles. The van der Waals surface area contributed by atoms with Gasteiger partial charge in [0.1, 0.15) is 0 Å². The molecule has 0 atom stereocenters. The number of hydrogen-bond acceptors (Lipinski definition) is 2. The average Bonchev–Trinajstić information content (AvgIpc) is 2.78. The number of halogens is 1. The highest BCUT2D eigenvalue weighted by Gasteiger charge is 2.10. The number of nitrogens with zero attached hydrogens (tertiary/aromatic N) is 1. The molecule has 0 fully saturated rings. The molecule has 5 heteroatoms. The number of nitrogens with one attached hydrogen (secondary N) is 2. The lowest BCUT2D eigenvalue weighted by Gasteiger charge is -2.09. The van der Waals surface area contributed by atoms with Crippen LogP contribution in [0, 0.1) is 11.3 Å². The molecular weight excluding hydrogens is 274 g/mol. The molecule has 1 aromatic heterocycles. The van der Waals surface area contributed by atoms with Gasteiger partial charge in [-0.25, -0.2) is 4.79 Å². The lowest BCUT2D eigenvalue weighted by Crippen LogP contribution is -1.99. The van der Waals surface area contributed by atoms with Gasteiger partial charge in [-0.05, 0) is 29.3 Å². The Bertz CT molecular complexity index is 886. The molecule has 0 bridgehead atoms. The van der Waals surface area contributed by atoms with Crippen molar-refractivity contribution in [1.82, 2.24) is 9.97 Å². The van der Waals surface area contributed by atoms with E-state index in [1.807, 2.05) is 30.3 Å². The summed E-state index contributed by atoms with van der Waals surface area (Å²) in [6, 6.07) is 13.2. The summed E-state index contributed by atoms with van der Waals surface area (Å²) in [6.07, 6.45) is 0.289. The van der Waals surface area contributed by atoms with Crippen LogP contribution < -0.4 is 5.69 Å². The van der Waals surface area contributed by atoms with Crippen LogP contribution >= 0.6 is 11.6 Å². The molecule has 98 valence electrons. The van der Waals surface area contributed by atoms with Crippen molar-refractivity contribution < 1.29 is 0 Å². The predicted octanol–water partition coefficient (Wildman–Crippen LogP) is 3.24. The fraction of sp³-hybridized carbons (Fsp3) is 0.0667. The van der Waals surface area contributed by atoms with E-state index < -0.39 is 0 Å². The molecule has 2 aromatic carbocycles. The van der Waals surface area contributed by atoms with Crippen molar-refractivity contribution in [3.05, 3.63) is 57.5 Å². The molecule has 4 nitrogen and oxygen atoms in total. The van der Waals surface area contributed by atoms with E-state index in [1.165, 1.54) is 0 Å². The Morgan fingerprint density at radius 3 is 2.75 bits per heavy atom. The SMILES string of the molecule is N#CCc1cccc(Cl)c1-c1ccc2[nH]c(=O)[nH]c2c1. The largest absolute Gasteiger partial charge is 0.323 e. The Kier molecular flexibility index (Phi) is 3.05. The van der Waals surface area contributed by atoms with Crippen LogP contribution in [0.25, 0.3) is 22.2 Å². The van der Waals surface area contributed by atoms with E-state index in [4.69, 9.17) is 16.9 Å². The maximum atomic E-state index is 11.3. The van der Waals surface area contributed by atoms with Crippen LogP contribution in [0.4, 0.5) is 0 Å². The normalized spacial score (nSPS) is 10.6. The molecule has 0 aliphatic carbocycles. The fourth-order valence-electron chi connectivity index (χ4n) is 2.31. The molecule has 20 heavy (non-hydrogen) atoms. The molecule has 0 spiro atoms. The average molecular weight is 284 g/mol. The summed E-state index contributed by atoms with van der Waals surface area (Å²) in [5, 5.41) is 9.50. The van der Waals surface area contributed by atoms with Gasteiger partial charge in [-0.3, -0.25) is 0 Å². The molecule has 3 aromatic rings. The van der Waals surface area contributed by atoms with Gasteiger partial charge < -0.3 is 9.97 Å². The Labute approximate surface area is 119 Å². The molecule has 0 saturated heterocycles. The summed E-state index contributed by atoms with van der Waals surface area (Å²) < 4.78 is 0. The highest BCUT2D eigenvalue weighted by atomic mass is 35.5. The van der Waals surface area contributed by atoms with Crippen molar-refractivity contribution >= 4 is 22.6 Å². The van der Waals surface area contributed by atoms with Crippen molar-refractivity contribution in [3.63, 3.8) is 0 Å². The number of nitriles is 1. The van der Waals surface area contributed by atoms with Crippen molar-refractivity contribution in [2.45, 2.75) is 6.42 Å². The minimum Gasteiger partial charge on any atom is -0.306 e.